The smallest absolute Gasteiger partial charge is 0.384 e. The lowest BCUT2D eigenvalue weighted by Crippen LogP contribution is -2.46. The molecule has 2 fully saturated rings. The average molecular weight is 505 g/mol. The molecule has 0 radical (unpaired) electrons. The van der Waals surface area contributed by atoms with Crippen LogP contribution in [0.1, 0.15) is 59.4 Å². The number of nitrogens with one attached hydrogen (secondary N) is 2. The van der Waals surface area contributed by atoms with Crippen molar-refractivity contribution >= 4 is 11.8 Å². The third-order valence-corrected chi connectivity index (χ3v) is 7.04. The quantitative estimate of drug-likeness (QED) is 0.562. The van der Waals surface area contributed by atoms with Crippen molar-refractivity contribution in [1.29, 1.82) is 0 Å². The third-order valence-electron chi connectivity index (χ3n) is 7.04. The number of carbonyl (C=O) groups excluding carboxylic acids is 2. The summed E-state index contributed by atoms with van der Waals surface area (Å²) >= 11 is 0. The highest BCUT2D eigenvalue weighted by Crippen LogP contribution is 2.36. The molecule has 36 heavy (non-hydrogen) atoms. The maximum Gasteiger partial charge on any atom is 0.416 e. The molecule has 1 aliphatic heterocycles. The predicted octanol–water partition coefficient (Wildman–Crippen LogP) is 3.16. The zero-order valence-electron chi connectivity index (χ0n) is 20.1. The van der Waals surface area contributed by atoms with Crippen LogP contribution < -0.4 is 10.6 Å². The number of nitrogens with zero attached hydrogens (tertiary/aromatic N) is 2. The van der Waals surface area contributed by atoms with E-state index in [4.69, 9.17) is 0 Å². The second kappa shape index (κ2) is 10.6. The van der Waals surface area contributed by atoms with Gasteiger partial charge in [0.2, 0.25) is 5.91 Å². The van der Waals surface area contributed by atoms with E-state index < -0.39 is 23.2 Å². The summed E-state index contributed by atoms with van der Waals surface area (Å²) in [6.45, 7) is 2.67. The van der Waals surface area contributed by atoms with Crippen molar-refractivity contribution in [2.75, 3.05) is 19.6 Å². The maximum absolute atomic E-state index is 12.9. The number of pyridine rings is 1. The van der Waals surface area contributed by atoms with Gasteiger partial charge in [-0.05, 0) is 69.4 Å². The van der Waals surface area contributed by atoms with Gasteiger partial charge in [-0.3, -0.25) is 14.6 Å². The predicted molar refractivity (Wildman–Crippen MR) is 127 cm³/mol. The Labute approximate surface area is 208 Å². The fourth-order valence-corrected chi connectivity index (χ4v) is 4.98. The minimum absolute atomic E-state index is 0.112. The lowest BCUT2D eigenvalue weighted by atomic mass is 9.79. The Hall–Kier alpha value is -2.98. The van der Waals surface area contributed by atoms with Gasteiger partial charge in [-0.15, -0.1) is 0 Å². The van der Waals surface area contributed by atoms with Crippen LogP contribution in [0.5, 0.6) is 0 Å². The number of halogens is 3. The van der Waals surface area contributed by atoms with E-state index in [0.717, 1.165) is 37.1 Å². The van der Waals surface area contributed by atoms with Gasteiger partial charge in [0, 0.05) is 36.4 Å². The van der Waals surface area contributed by atoms with Crippen LogP contribution in [0.2, 0.25) is 0 Å². The van der Waals surface area contributed by atoms with Gasteiger partial charge < -0.3 is 20.6 Å². The second-order valence-electron chi connectivity index (χ2n) is 9.72. The summed E-state index contributed by atoms with van der Waals surface area (Å²) in [5, 5.41) is 17.1. The summed E-state index contributed by atoms with van der Waals surface area (Å²) in [5.41, 5.74) is -0.378. The number of aliphatic hydroxyl groups is 1. The zero-order chi connectivity index (χ0) is 25.9. The Bertz CT molecular complexity index is 1100. The van der Waals surface area contributed by atoms with Crippen molar-refractivity contribution < 1.29 is 27.9 Å². The first kappa shape index (κ1) is 26.1. The Morgan fingerprint density at radius 2 is 1.83 bits per heavy atom. The molecule has 1 aliphatic carbocycles. The summed E-state index contributed by atoms with van der Waals surface area (Å²) in [5.74, 6) is -0.996. The van der Waals surface area contributed by atoms with Gasteiger partial charge in [-0.2, -0.15) is 13.2 Å². The minimum Gasteiger partial charge on any atom is -0.384 e. The van der Waals surface area contributed by atoms with Crippen molar-refractivity contribution in [1.82, 2.24) is 20.5 Å². The van der Waals surface area contributed by atoms with Crippen LogP contribution >= 0.6 is 0 Å². The molecule has 194 valence electrons. The molecule has 7 nitrogen and oxygen atoms in total. The van der Waals surface area contributed by atoms with Gasteiger partial charge in [0.15, 0.2) is 0 Å². The van der Waals surface area contributed by atoms with E-state index >= 15 is 0 Å². The van der Waals surface area contributed by atoms with Gasteiger partial charge in [0.05, 0.1) is 17.8 Å². The fraction of sp³-hybridized carbons (Fsp3) is 0.500. The molecule has 1 aromatic heterocycles. The van der Waals surface area contributed by atoms with E-state index in [9.17, 15) is 27.9 Å². The molecule has 3 N–H and O–H groups in total. The van der Waals surface area contributed by atoms with Crippen LogP contribution in [0.15, 0.2) is 42.5 Å². The largest absolute Gasteiger partial charge is 0.416 e. The first-order valence-electron chi connectivity index (χ1n) is 12.2. The van der Waals surface area contributed by atoms with Crippen LogP contribution in [0.4, 0.5) is 13.2 Å². The zero-order valence-corrected chi connectivity index (χ0v) is 20.1. The monoisotopic (exact) mass is 504 g/mol. The molecule has 2 aromatic rings. The number of carbonyl (C=O) groups is 2. The minimum atomic E-state index is -4.54. The molecule has 1 unspecified atom stereocenters. The molecule has 0 bridgehead atoms. The molecule has 1 saturated carbocycles. The van der Waals surface area contributed by atoms with Crippen molar-refractivity contribution in [3.8, 4) is 0 Å². The molecule has 10 heteroatoms. The van der Waals surface area contributed by atoms with E-state index in [2.05, 4.69) is 15.6 Å². The standard InChI is InChI=1S/C26H31F3N4O3/c1-17-4-2-7-22(31-17)25(36)11-8-20(9-12-25)32-21-10-13-33(16-21)23(34)15-30-24(35)18-5-3-6-19(14-18)26(27,28)29/h2-7,14,20-21,32,36H,8-13,15-16H2,1H3,(H,30,35). The molecule has 1 atom stereocenters. The van der Waals surface area contributed by atoms with Crippen molar-refractivity contribution in [3.63, 3.8) is 0 Å². The lowest BCUT2D eigenvalue weighted by Gasteiger charge is -2.37. The summed E-state index contributed by atoms with van der Waals surface area (Å²) in [4.78, 5) is 31.0. The summed E-state index contributed by atoms with van der Waals surface area (Å²) in [6, 6.07) is 10.1. The third kappa shape index (κ3) is 6.22. The molecule has 2 aliphatic rings. The Morgan fingerprint density at radius 1 is 1.11 bits per heavy atom. The van der Waals surface area contributed by atoms with Gasteiger partial charge in [0.1, 0.15) is 5.60 Å². The van der Waals surface area contributed by atoms with E-state index in [-0.39, 0.29) is 30.1 Å². The van der Waals surface area contributed by atoms with Gasteiger partial charge in [-0.25, -0.2) is 0 Å². The Morgan fingerprint density at radius 3 is 2.53 bits per heavy atom. The van der Waals surface area contributed by atoms with Crippen molar-refractivity contribution in [3.05, 3.63) is 65.0 Å². The number of likely N-dealkylation sites (tertiary alicyclic amines) is 1. The van der Waals surface area contributed by atoms with Gasteiger partial charge in [0.25, 0.3) is 5.91 Å². The normalized spacial score (nSPS) is 24.5. The van der Waals surface area contributed by atoms with Gasteiger partial charge >= 0.3 is 6.18 Å². The molecule has 2 heterocycles. The highest BCUT2D eigenvalue weighted by atomic mass is 19.4. The molecule has 4 rings (SSSR count). The van der Waals surface area contributed by atoms with E-state index in [1.54, 1.807) is 4.90 Å². The molecule has 2 amide bonds. The highest BCUT2D eigenvalue weighted by molar-refractivity contribution is 5.96. The van der Waals surface area contributed by atoms with Crippen LogP contribution in [-0.2, 0) is 16.6 Å². The Kier molecular flexibility index (Phi) is 7.65. The first-order valence-corrected chi connectivity index (χ1v) is 12.2. The Balaban J connectivity index is 1.22. The van der Waals surface area contributed by atoms with Crippen LogP contribution in [-0.4, -0.2) is 58.5 Å². The average Bonchev–Trinajstić information content (AvgIpc) is 3.32. The first-order chi connectivity index (χ1) is 17.0. The fourth-order valence-electron chi connectivity index (χ4n) is 4.98. The molecule has 0 spiro atoms. The summed E-state index contributed by atoms with van der Waals surface area (Å²) < 4.78 is 38.6. The maximum atomic E-state index is 12.9. The molecule has 1 saturated heterocycles. The number of aromatic nitrogens is 1. The number of amides is 2. The number of hydrogen-bond donors (Lipinski definition) is 3. The van der Waals surface area contributed by atoms with Crippen LogP contribution in [0, 0.1) is 6.92 Å². The highest BCUT2D eigenvalue weighted by Gasteiger charge is 2.37. The molecular formula is C26H31F3N4O3. The number of benzene rings is 1. The molecular weight excluding hydrogens is 473 g/mol. The number of alkyl halides is 3. The van der Waals surface area contributed by atoms with Crippen molar-refractivity contribution in [2.24, 2.45) is 0 Å². The van der Waals surface area contributed by atoms with Crippen LogP contribution in [0.3, 0.4) is 0 Å². The van der Waals surface area contributed by atoms with Gasteiger partial charge in [-0.1, -0.05) is 12.1 Å². The second-order valence-corrected chi connectivity index (χ2v) is 9.72. The summed E-state index contributed by atoms with van der Waals surface area (Å²) in [7, 11) is 0. The van der Waals surface area contributed by atoms with Crippen LogP contribution in [0.25, 0.3) is 0 Å². The van der Waals surface area contributed by atoms with Crippen molar-refractivity contribution in [2.45, 2.75) is 62.9 Å². The topological polar surface area (TPSA) is 94.6 Å². The number of rotatable bonds is 6. The van der Waals surface area contributed by atoms with E-state index in [1.165, 1.54) is 12.1 Å². The SMILES string of the molecule is Cc1cccc(C2(O)CCC(NC3CCN(C(=O)CNC(=O)c4cccc(C(F)(F)F)c4)C3)CC2)n1. The lowest BCUT2D eigenvalue weighted by molar-refractivity contribution is -0.137. The summed E-state index contributed by atoms with van der Waals surface area (Å²) in [6.07, 6.45) is -0.963. The molecule has 1 aromatic carbocycles. The van der Waals surface area contributed by atoms with E-state index in [1.807, 2.05) is 25.1 Å². The number of hydrogen-bond acceptors (Lipinski definition) is 5. The van der Waals surface area contributed by atoms with E-state index in [0.29, 0.717) is 31.6 Å². The number of aryl methyl sites for hydroxylation is 1.